The number of nitrogen functional groups attached to an aromatic ring is 4. The Bertz CT molecular complexity index is 5570. The van der Waals surface area contributed by atoms with Crippen molar-refractivity contribution < 1.29 is 233 Å². The van der Waals surface area contributed by atoms with E-state index in [9.17, 15) is 145 Å². The van der Waals surface area contributed by atoms with Crippen LogP contribution in [0.4, 0.5) is 49.6 Å². The molecular weight excluding hydrogens is 2090 g/mol. The van der Waals surface area contributed by atoms with Gasteiger partial charge in [-0.3, -0.25) is 36.5 Å². The summed E-state index contributed by atoms with van der Waals surface area (Å²) in [5.41, 5.74) is 5.29. The zero-order valence-corrected chi connectivity index (χ0v) is 74.5. The van der Waals surface area contributed by atoms with Gasteiger partial charge in [-0.15, -0.1) is 46.4 Å². The van der Waals surface area contributed by atoms with Crippen LogP contribution in [0.2, 0.25) is 0 Å². The number of rotatable bonds is 34. The number of halogens is 10. The van der Waals surface area contributed by atoms with Gasteiger partial charge < -0.3 is 141 Å². The highest BCUT2D eigenvalue weighted by molar-refractivity contribution is 7.71. The lowest BCUT2D eigenvalue weighted by Gasteiger charge is -2.31. The number of alkyl halides is 9. The Balaban J connectivity index is 0.000000298. The summed E-state index contributed by atoms with van der Waals surface area (Å²) in [7, 11) is -68.2. The van der Waals surface area contributed by atoms with E-state index in [4.69, 9.17) is 142 Å². The van der Waals surface area contributed by atoms with Crippen LogP contribution >= 0.6 is 139 Å². The Hall–Kier alpha value is -3.58. The van der Waals surface area contributed by atoms with Gasteiger partial charge in [-0.25, -0.2) is 94.9 Å². The maximum Gasteiger partial charge on any atom is 0.488 e. The van der Waals surface area contributed by atoms with Crippen LogP contribution < -0.4 is 45.7 Å². The number of hydrogen-bond donors (Lipinski definition) is 24. The largest absolute Gasteiger partial charge is 0.488 e. The Morgan fingerprint density at radius 2 is 0.730 bits per heavy atom. The molecule has 8 rings (SSSR count). The zero-order valence-electron chi connectivity index (χ0n) is 60.7. The molecule has 4 aliphatic rings. The molecular formula is C44H66Cl4F6N12O48P12. The van der Waals surface area contributed by atoms with E-state index in [1.807, 2.05) is 0 Å². The monoisotopic (exact) mass is 2160 g/mol. The molecule has 720 valence electrons. The lowest BCUT2D eigenvalue weighted by Crippen LogP contribution is -2.46. The summed E-state index contributed by atoms with van der Waals surface area (Å²) < 4.78 is 276. The summed E-state index contributed by atoms with van der Waals surface area (Å²) in [5.74, 6) is -7.13. The first-order valence-electron chi connectivity index (χ1n) is 31.8. The number of phosphoric acid groups is 8. The third kappa shape index (κ3) is 30.7. The topological polar surface area (TPSA) is 964 Å². The van der Waals surface area contributed by atoms with Gasteiger partial charge in [0, 0.05) is 37.0 Å². The van der Waals surface area contributed by atoms with E-state index in [-0.39, 0.29) is 35.2 Å². The lowest BCUT2D eigenvalue weighted by molar-refractivity contribution is -0.100. The fourth-order valence-electron chi connectivity index (χ4n) is 10.4. The maximum atomic E-state index is 14.7. The molecule has 25 atom stereocenters. The summed E-state index contributed by atoms with van der Waals surface area (Å²) >= 11 is 22.8. The van der Waals surface area contributed by atoms with Crippen molar-refractivity contribution in [3.05, 3.63) is 115 Å². The van der Waals surface area contributed by atoms with Crippen molar-refractivity contribution in [2.75, 3.05) is 52.6 Å². The summed E-state index contributed by atoms with van der Waals surface area (Å²) in [6.07, 6.45) is -24.4. The van der Waals surface area contributed by atoms with Gasteiger partial charge in [0.25, 0.3) is 0 Å². The van der Waals surface area contributed by atoms with Gasteiger partial charge in [-0.1, -0.05) is 0 Å². The van der Waals surface area contributed by atoms with Gasteiger partial charge in [0.15, 0.2) is 49.6 Å². The quantitative estimate of drug-likeness (QED) is 0.0168. The second-order valence-corrected chi connectivity index (χ2v) is 45.3. The van der Waals surface area contributed by atoms with E-state index in [0.717, 1.165) is 49.1 Å². The van der Waals surface area contributed by atoms with Crippen molar-refractivity contribution in [3.8, 4) is 0 Å². The van der Waals surface area contributed by atoms with Gasteiger partial charge in [0.2, 0.25) is 11.5 Å². The minimum Gasteiger partial charge on any atom is -0.387 e. The predicted octanol–water partition coefficient (Wildman–Crippen LogP) is 0.171. The molecule has 9 unspecified atom stereocenters. The van der Waals surface area contributed by atoms with Gasteiger partial charge >= 0.3 is 116 Å². The molecule has 0 saturated carbocycles. The van der Waals surface area contributed by atoms with Crippen LogP contribution in [0.25, 0.3) is 0 Å². The van der Waals surface area contributed by atoms with Crippen LogP contribution in [0.1, 0.15) is 37.8 Å². The number of nitrogens with two attached hydrogens (primary N) is 4. The van der Waals surface area contributed by atoms with Crippen molar-refractivity contribution in [2.45, 2.75) is 115 Å². The van der Waals surface area contributed by atoms with Gasteiger partial charge in [-0.05, 0) is 42.8 Å². The molecule has 0 aromatic carbocycles. The average Bonchev–Trinajstić information content (AvgIpc) is 1.60. The highest BCUT2D eigenvalue weighted by Crippen LogP contribution is 2.72. The summed E-state index contributed by atoms with van der Waals surface area (Å²) in [4.78, 5) is 204. The normalized spacial score (nSPS) is 30.8. The van der Waals surface area contributed by atoms with Crippen molar-refractivity contribution >= 4 is 163 Å². The molecule has 4 aliphatic heterocycles. The second kappa shape index (κ2) is 42.1. The second-order valence-electron chi connectivity index (χ2n) is 25.0. The lowest BCUT2D eigenvalue weighted by atomic mass is 9.94. The van der Waals surface area contributed by atoms with Crippen molar-refractivity contribution in [3.63, 3.8) is 0 Å². The molecule has 0 aliphatic carbocycles. The first kappa shape index (κ1) is 113. The van der Waals surface area contributed by atoms with Crippen LogP contribution in [0.3, 0.4) is 0 Å². The summed E-state index contributed by atoms with van der Waals surface area (Å²) in [6.45, 7) is 0. The van der Waals surface area contributed by atoms with E-state index in [2.05, 4.69) is 54.4 Å². The van der Waals surface area contributed by atoms with E-state index < -0.39 is 266 Å². The third-order valence-electron chi connectivity index (χ3n) is 15.7. The first-order valence-corrected chi connectivity index (χ1v) is 52.6. The molecule has 4 aromatic rings. The maximum absolute atomic E-state index is 14.7. The predicted molar refractivity (Wildman–Crippen MR) is 402 cm³/mol. The number of anilines is 4. The number of hydrogen-bond acceptors (Lipinski definition) is 40. The molecule has 4 aromatic heterocycles. The molecule has 0 spiro atoms. The average molecular weight is 2160 g/mol. The fourth-order valence-corrected chi connectivity index (χ4v) is 25.6. The molecule has 4 fully saturated rings. The molecule has 0 amide bonds. The fraction of sp³-hybridized carbons (Fsp3) is 0.545. The van der Waals surface area contributed by atoms with E-state index in [1.165, 1.54) is 0 Å². The number of aliphatic hydroxyl groups excluding tert-OH is 4. The van der Waals surface area contributed by atoms with E-state index in [1.54, 1.807) is 0 Å². The Morgan fingerprint density at radius 3 is 1.06 bits per heavy atom. The van der Waals surface area contributed by atoms with Crippen molar-refractivity contribution in [1.29, 1.82) is 0 Å². The Labute approximate surface area is 713 Å². The Morgan fingerprint density at radius 1 is 0.437 bits per heavy atom. The highest BCUT2D eigenvalue weighted by Gasteiger charge is 2.62. The van der Waals surface area contributed by atoms with Gasteiger partial charge in [0.1, 0.15) is 70.1 Å². The molecule has 126 heavy (non-hydrogen) atoms. The van der Waals surface area contributed by atoms with Gasteiger partial charge in [-0.2, -0.15) is 41.6 Å². The molecule has 0 bridgehead atoms. The molecule has 8 heterocycles. The van der Waals surface area contributed by atoms with E-state index in [0.29, 0.717) is 24.3 Å². The minimum atomic E-state index is -6.01. The van der Waals surface area contributed by atoms with Crippen molar-refractivity contribution in [1.82, 2.24) is 38.2 Å². The molecule has 60 nitrogen and oxygen atoms in total. The molecule has 28 N–H and O–H groups in total. The molecule has 82 heteroatoms. The summed E-state index contributed by atoms with van der Waals surface area (Å²) in [5, 5.41) is 40.9. The van der Waals surface area contributed by atoms with Crippen molar-refractivity contribution in [2.24, 2.45) is 0 Å². The SMILES string of the molecule is Nc1ccn([C@@H]2O[C@@](/C=C(/F)P(=O)(O)OP(=O)(O)OP(=O)(O)O)(CCl)[C@@H](O)[C@H]2F)c(=O)n1.Nc1ccn([C@@H]2O[C@@](/C=C\P(=O)(O)OP(=O)(O)OP(=O)(O)O)(CCl)[C@@H](O)[C@H]2F)c(=O)n1.Nc1ccn([C@@H]2O[C@](CCl)(CC(F)P(=O)(O)OP(=O)(O)OP(=O)(O)O)[C@@H](O)[C@H]2F)c(=O)n1.Nc1ccn([C@@H]2O[C@](CCl)(CCP(=O)(O)OP(=O)(O)OP(=O)(O)O)[C@@H](O)[C@H]2F)c(=O)n1. The van der Waals surface area contributed by atoms with Crippen LogP contribution in [0.5, 0.6) is 0 Å². The van der Waals surface area contributed by atoms with Crippen LogP contribution in [-0.4, -0.2) is 244 Å². The smallest absolute Gasteiger partial charge is 0.387 e. The number of aromatic nitrogens is 8. The number of aliphatic hydroxyl groups is 4. The molecule has 4 saturated heterocycles. The van der Waals surface area contributed by atoms with Crippen LogP contribution in [-0.2, 0) is 108 Å². The summed E-state index contributed by atoms with van der Waals surface area (Å²) in [6, 6.07) is 4.44. The van der Waals surface area contributed by atoms with E-state index >= 15 is 0 Å². The zero-order chi connectivity index (χ0) is 97.1. The van der Waals surface area contributed by atoms with Crippen LogP contribution in [0, 0.1) is 0 Å². The van der Waals surface area contributed by atoms with Crippen LogP contribution in [0.15, 0.2) is 91.8 Å². The Kier molecular flexibility index (Phi) is 37.8. The minimum absolute atomic E-state index is 0.0503. The number of ether oxygens (including phenoxy) is 4. The standard InChI is InChI=1S/C11H17ClF2N3O12P3.C11H15ClF2N3O12P3.C11H18ClFN3O12P3.C11H16ClFN3O12P3/c2*12-4-11(3-5(13)30(20,21)28-32(25,26)29-31(22,23)24)8(18)7(14)9(27-11)17-2-1-6(15)16-10(17)19;2*12-5-11(2-4-29(19,20)27-31(24,25)28-30(21,22)23)8(17)7(13)9(26-11)16-3-1-6(14)15-10(16)18/h1-2,5,7-9,18H,3-4H2,(H,20,21)(H,25,26)(H2,15,16,19)(H2,22,23,24);1-3,7-9,18H,4H2,(H,20,21)(H,25,26)(H2,15,16,19)(H2,22,23,24);1,3,7-9,17H,2,4-5H2,(H,19,20)(H,24,25)(H2,14,15,18)(H2,21,22,23);1-4,7-9,17H,5H2,(H,19,20)(H,24,25)(H2,14,15,18)(H2,21,22,23)/b;5-3-;;4-2-/t5?,7-,8+,9-,11+;3*7-,8+,9-,11+/m1111/s1. The van der Waals surface area contributed by atoms with Gasteiger partial charge in [0.05, 0.1) is 29.7 Å². The number of nitrogens with zero attached hydrogens (tertiary/aromatic N) is 8. The third-order valence-corrected chi connectivity index (χ3v) is 34.1. The molecule has 0 radical (unpaired) electrons. The highest BCUT2D eigenvalue weighted by atomic mass is 35.5. The first-order chi connectivity index (χ1) is 56.9.